The van der Waals surface area contributed by atoms with Crippen LogP contribution in [0, 0.1) is 6.92 Å². The largest absolute Gasteiger partial charge is 0.478 e. The second-order valence-corrected chi connectivity index (χ2v) is 10.0. The minimum Gasteiger partial charge on any atom is -0.478 e. The number of fused-ring (bicyclic) bond motifs is 1. The monoisotopic (exact) mass is 527 g/mol. The number of aryl methyl sites for hydroxylation is 5. The van der Waals surface area contributed by atoms with Crippen LogP contribution in [-0.4, -0.2) is 36.3 Å². The number of nitrogens with one attached hydrogen (secondary N) is 1. The van der Waals surface area contributed by atoms with Crippen molar-refractivity contribution in [2.75, 3.05) is 0 Å². The first kappa shape index (κ1) is 25.2. The third kappa shape index (κ3) is 5.14. The van der Waals surface area contributed by atoms with Crippen molar-refractivity contribution >= 4 is 16.9 Å². The molecule has 198 valence electrons. The van der Waals surface area contributed by atoms with Gasteiger partial charge >= 0.3 is 5.97 Å². The van der Waals surface area contributed by atoms with Gasteiger partial charge in [0, 0.05) is 23.9 Å². The van der Waals surface area contributed by atoms with Crippen LogP contribution in [0.4, 0.5) is 0 Å². The summed E-state index contributed by atoms with van der Waals surface area (Å²) in [5, 5.41) is 25.3. The lowest BCUT2D eigenvalue weighted by atomic mass is 9.96. The van der Waals surface area contributed by atoms with E-state index >= 15 is 0 Å². The second kappa shape index (κ2) is 11.0. The zero-order valence-electron chi connectivity index (χ0n) is 22.2. The van der Waals surface area contributed by atoms with Crippen LogP contribution in [0.3, 0.4) is 0 Å². The highest BCUT2D eigenvalue weighted by Crippen LogP contribution is 2.37. The van der Waals surface area contributed by atoms with Gasteiger partial charge in [0.2, 0.25) is 0 Å². The average Bonchev–Trinajstić information content (AvgIpc) is 3.62. The Labute approximate surface area is 232 Å². The minimum atomic E-state index is -0.931. The fourth-order valence-electron chi connectivity index (χ4n) is 5.35. The summed E-state index contributed by atoms with van der Waals surface area (Å²) in [6.07, 6.45) is 2.21. The lowest BCUT2D eigenvalue weighted by Crippen LogP contribution is -2.06. The van der Waals surface area contributed by atoms with Gasteiger partial charge in [-0.3, -0.25) is 0 Å². The molecule has 7 nitrogen and oxygen atoms in total. The topological polar surface area (TPSA) is 96.7 Å². The molecular formula is C33H29N5O2. The van der Waals surface area contributed by atoms with Gasteiger partial charge in [0.15, 0.2) is 5.82 Å². The van der Waals surface area contributed by atoms with E-state index in [2.05, 4.69) is 92.8 Å². The highest BCUT2D eigenvalue weighted by molar-refractivity contribution is 5.98. The number of hydrogen-bond acceptors (Lipinski definition) is 4. The molecule has 7 heteroatoms. The highest BCUT2D eigenvalue weighted by atomic mass is 16.4. The maximum atomic E-state index is 11.9. The number of carboxylic acids is 1. The summed E-state index contributed by atoms with van der Waals surface area (Å²) in [4.78, 5) is 11.9. The summed E-state index contributed by atoms with van der Waals surface area (Å²) in [6, 6.07) is 33.0. The van der Waals surface area contributed by atoms with E-state index in [4.69, 9.17) is 0 Å². The smallest absolute Gasteiger partial charge is 0.335 e. The molecule has 40 heavy (non-hydrogen) atoms. The third-order valence-corrected chi connectivity index (χ3v) is 7.41. The van der Waals surface area contributed by atoms with Crippen molar-refractivity contribution in [3.63, 3.8) is 0 Å². The Hall–Kier alpha value is -5.04. The van der Waals surface area contributed by atoms with Gasteiger partial charge in [-0.1, -0.05) is 89.6 Å². The molecule has 6 aromatic rings. The Kier molecular flexibility index (Phi) is 6.93. The molecule has 2 heterocycles. The molecular weight excluding hydrogens is 498 g/mol. The van der Waals surface area contributed by atoms with Crippen molar-refractivity contribution in [1.82, 2.24) is 25.2 Å². The van der Waals surface area contributed by atoms with E-state index < -0.39 is 5.97 Å². The number of H-pyrrole nitrogens is 1. The maximum absolute atomic E-state index is 11.9. The summed E-state index contributed by atoms with van der Waals surface area (Å²) in [7, 11) is 0. The van der Waals surface area contributed by atoms with Crippen molar-refractivity contribution in [3.05, 3.63) is 125 Å². The molecule has 2 aromatic heterocycles. The number of aromatic nitrogens is 5. The summed E-state index contributed by atoms with van der Waals surface area (Å²) in [5.41, 5.74) is 9.38. The zero-order valence-corrected chi connectivity index (χ0v) is 22.2. The van der Waals surface area contributed by atoms with Crippen molar-refractivity contribution in [2.24, 2.45) is 0 Å². The van der Waals surface area contributed by atoms with Gasteiger partial charge in [0.1, 0.15) is 0 Å². The molecule has 0 aliphatic heterocycles. The van der Waals surface area contributed by atoms with Crippen molar-refractivity contribution in [1.29, 1.82) is 0 Å². The van der Waals surface area contributed by atoms with E-state index in [-0.39, 0.29) is 5.56 Å². The number of aromatic amines is 1. The number of rotatable bonds is 9. The fourth-order valence-corrected chi connectivity index (χ4v) is 5.35. The average molecular weight is 528 g/mol. The normalized spacial score (nSPS) is 11.2. The molecule has 2 N–H and O–H groups in total. The number of tetrazole rings is 1. The highest BCUT2D eigenvalue weighted by Gasteiger charge is 2.21. The van der Waals surface area contributed by atoms with Crippen molar-refractivity contribution in [2.45, 2.75) is 32.7 Å². The summed E-state index contributed by atoms with van der Waals surface area (Å²) in [5.74, 6) is -0.296. The first-order valence-corrected chi connectivity index (χ1v) is 13.4. The molecule has 0 saturated carbocycles. The van der Waals surface area contributed by atoms with Gasteiger partial charge in [-0.25, -0.2) is 4.79 Å². The molecule has 0 aliphatic rings. The molecule has 0 fully saturated rings. The zero-order chi connectivity index (χ0) is 27.5. The maximum Gasteiger partial charge on any atom is 0.335 e. The predicted molar refractivity (Wildman–Crippen MR) is 156 cm³/mol. The Morgan fingerprint density at radius 2 is 1.55 bits per heavy atom. The second-order valence-electron chi connectivity index (χ2n) is 10.0. The molecule has 0 bridgehead atoms. The van der Waals surface area contributed by atoms with Crippen molar-refractivity contribution < 1.29 is 9.90 Å². The fraction of sp³-hybridized carbons (Fsp3) is 0.152. The van der Waals surface area contributed by atoms with Crippen LogP contribution < -0.4 is 0 Å². The molecule has 0 unspecified atom stereocenters. The molecule has 0 radical (unpaired) electrons. The van der Waals surface area contributed by atoms with E-state index in [0.29, 0.717) is 18.8 Å². The number of carbonyl (C=O) groups is 1. The molecule has 0 atom stereocenters. The Morgan fingerprint density at radius 1 is 0.825 bits per heavy atom. The first-order valence-electron chi connectivity index (χ1n) is 13.4. The molecule has 6 rings (SSSR count). The summed E-state index contributed by atoms with van der Waals surface area (Å²) >= 11 is 0. The lowest BCUT2D eigenvalue weighted by molar-refractivity contribution is 0.0697. The van der Waals surface area contributed by atoms with Gasteiger partial charge in [-0.05, 0) is 65.8 Å². The van der Waals surface area contributed by atoms with Crippen LogP contribution in [0.1, 0.15) is 32.9 Å². The van der Waals surface area contributed by atoms with E-state index in [1.54, 1.807) is 6.07 Å². The molecule has 0 amide bonds. The number of aromatic carboxylic acids is 1. The van der Waals surface area contributed by atoms with Crippen LogP contribution in [0.15, 0.2) is 97.1 Å². The van der Waals surface area contributed by atoms with Gasteiger partial charge < -0.3 is 9.67 Å². The first-order chi connectivity index (χ1) is 19.6. The Bertz CT molecular complexity index is 1750. The van der Waals surface area contributed by atoms with Crippen LogP contribution in [0.25, 0.3) is 33.3 Å². The molecule has 4 aromatic carbocycles. The van der Waals surface area contributed by atoms with Gasteiger partial charge in [-0.15, -0.1) is 10.2 Å². The lowest BCUT2D eigenvalue weighted by Gasteiger charge is -2.13. The van der Waals surface area contributed by atoms with Gasteiger partial charge in [-0.2, -0.15) is 5.21 Å². The van der Waals surface area contributed by atoms with E-state index in [1.165, 1.54) is 11.1 Å². The Balaban J connectivity index is 1.49. The van der Waals surface area contributed by atoms with E-state index in [0.717, 1.165) is 51.7 Å². The Morgan fingerprint density at radius 3 is 2.25 bits per heavy atom. The molecule has 0 aliphatic carbocycles. The van der Waals surface area contributed by atoms with Crippen LogP contribution in [0.5, 0.6) is 0 Å². The minimum absolute atomic E-state index is 0.283. The summed E-state index contributed by atoms with van der Waals surface area (Å²) in [6.45, 7) is 2.72. The number of nitrogens with zero attached hydrogens (tertiary/aromatic N) is 4. The number of carboxylic acid groups (broad SMARTS) is 1. The SMILES string of the molecule is Cc1ccc(CCc2c(-c3ccc(-c4ccccc4)cc3)n(CCc3nn[nH]n3)c3ccc(C(=O)O)cc23)cc1. The van der Waals surface area contributed by atoms with Crippen LogP contribution in [-0.2, 0) is 25.8 Å². The number of hydrogen-bond donors (Lipinski definition) is 2. The van der Waals surface area contributed by atoms with E-state index in [1.807, 2.05) is 30.3 Å². The van der Waals surface area contributed by atoms with Crippen LogP contribution in [0.2, 0.25) is 0 Å². The van der Waals surface area contributed by atoms with E-state index in [9.17, 15) is 9.90 Å². The van der Waals surface area contributed by atoms with Gasteiger partial charge in [0.25, 0.3) is 0 Å². The van der Waals surface area contributed by atoms with Gasteiger partial charge in [0.05, 0.1) is 11.3 Å². The van der Waals surface area contributed by atoms with Crippen molar-refractivity contribution in [3.8, 4) is 22.4 Å². The standard InChI is InChI=1S/C33H29N5O2/c1-22-7-9-23(10-8-22)11-17-28-29-21-27(33(39)40)16-18-30(29)38(20-19-31-34-36-37-35-31)32(28)26-14-12-25(13-15-26)24-5-3-2-4-6-24/h2-10,12-16,18,21H,11,17,19-20H2,1H3,(H,39,40)(H,34,35,36,37). The molecule has 0 spiro atoms. The quantitative estimate of drug-likeness (QED) is 0.223. The predicted octanol–water partition coefficient (Wildman–Crippen LogP) is 6.52. The molecule has 0 saturated heterocycles. The third-order valence-electron chi connectivity index (χ3n) is 7.41. The van der Waals surface area contributed by atoms with Crippen LogP contribution >= 0.6 is 0 Å². The number of benzene rings is 4. The summed E-state index contributed by atoms with van der Waals surface area (Å²) < 4.78 is 2.28.